The Labute approximate surface area is 262 Å². The van der Waals surface area contributed by atoms with Gasteiger partial charge < -0.3 is 21.3 Å². The lowest BCUT2D eigenvalue weighted by atomic mass is 9.80. The van der Waals surface area contributed by atoms with Crippen LogP contribution in [0.2, 0.25) is 5.02 Å². The third-order valence-electron chi connectivity index (χ3n) is 8.94. The van der Waals surface area contributed by atoms with E-state index in [1.807, 2.05) is 63.2 Å². The predicted octanol–water partition coefficient (Wildman–Crippen LogP) is 5.76. The van der Waals surface area contributed by atoms with E-state index in [1.165, 1.54) is 18.4 Å². The lowest BCUT2D eigenvalue weighted by molar-refractivity contribution is -0.131. The molecule has 1 aliphatic carbocycles. The van der Waals surface area contributed by atoms with Crippen LogP contribution in [-0.2, 0) is 16.0 Å². The Hall–Kier alpha value is -2.90. The van der Waals surface area contributed by atoms with Crippen molar-refractivity contribution in [3.05, 3.63) is 70.2 Å². The smallest absolute Gasteiger partial charge is 0.251 e. The first-order chi connectivity index (χ1) is 20.7. The van der Waals surface area contributed by atoms with Gasteiger partial charge in [-0.2, -0.15) is 0 Å². The molecule has 0 bridgehead atoms. The van der Waals surface area contributed by atoms with Crippen LogP contribution in [0.1, 0.15) is 99.5 Å². The first kappa shape index (κ1) is 33.0. The summed E-state index contributed by atoms with van der Waals surface area (Å²) in [6.45, 7) is 8.07. The minimum atomic E-state index is -0.738. The predicted molar refractivity (Wildman–Crippen MR) is 173 cm³/mol. The van der Waals surface area contributed by atoms with E-state index in [1.54, 1.807) is 0 Å². The molecule has 3 amide bonds. The number of nitrogens with one attached hydrogen (secondary N) is 4. The molecule has 2 fully saturated rings. The minimum Gasteiger partial charge on any atom is -0.351 e. The summed E-state index contributed by atoms with van der Waals surface area (Å²) in [7, 11) is 0. The van der Waals surface area contributed by atoms with Gasteiger partial charge in [0.15, 0.2) is 0 Å². The summed E-state index contributed by atoms with van der Waals surface area (Å²) in [5.74, 6) is 0.253. The number of amides is 3. The fraction of sp³-hybridized carbons (Fsp3) is 0.571. The Kier molecular flexibility index (Phi) is 12.5. The van der Waals surface area contributed by atoms with Crippen molar-refractivity contribution < 1.29 is 14.4 Å². The van der Waals surface area contributed by atoms with E-state index in [0.717, 1.165) is 50.8 Å². The summed E-state index contributed by atoms with van der Waals surface area (Å²) < 4.78 is 0. The van der Waals surface area contributed by atoms with Crippen molar-refractivity contribution in [1.82, 2.24) is 21.3 Å². The standard InChI is InChI=1S/C35H49ClN4O3/c1-4-30(38-33(41)26-14-12-24(13-15-26)21-25-16-18-37-19-17-25)34(42)40-32(20-23(2)3)35(43)39-31-11-6-5-10-29(31)27-8-7-9-28(36)22-27/h7-9,12-15,22-23,25,29-32,37H,4-6,10-11,16-21H2,1-3H3,(H,38,41)(H,39,43)(H,40,42)/t29-,30-,31+,32-/m0/s1. The zero-order valence-corrected chi connectivity index (χ0v) is 26.7. The van der Waals surface area contributed by atoms with Crippen LogP contribution in [0.4, 0.5) is 0 Å². The quantitative estimate of drug-likeness (QED) is 0.246. The van der Waals surface area contributed by atoms with Gasteiger partial charge in [0.1, 0.15) is 12.1 Å². The fourth-order valence-electron chi connectivity index (χ4n) is 6.50. The second-order valence-electron chi connectivity index (χ2n) is 12.8. The second-order valence-corrected chi connectivity index (χ2v) is 13.2. The van der Waals surface area contributed by atoms with E-state index in [2.05, 4.69) is 27.3 Å². The lowest BCUT2D eigenvalue weighted by Gasteiger charge is -2.34. The van der Waals surface area contributed by atoms with E-state index in [4.69, 9.17) is 11.6 Å². The van der Waals surface area contributed by atoms with Gasteiger partial charge in [0, 0.05) is 22.5 Å². The molecule has 0 spiro atoms. The fourth-order valence-corrected chi connectivity index (χ4v) is 6.70. The van der Waals surface area contributed by atoms with Crippen LogP contribution in [0.5, 0.6) is 0 Å². The van der Waals surface area contributed by atoms with Crippen LogP contribution in [0.3, 0.4) is 0 Å². The number of benzene rings is 2. The molecule has 1 saturated carbocycles. The highest BCUT2D eigenvalue weighted by molar-refractivity contribution is 6.30. The zero-order chi connectivity index (χ0) is 30.8. The molecule has 234 valence electrons. The summed E-state index contributed by atoms with van der Waals surface area (Å²) in [5, 5.41) is 13.2. The van der Waals surface area contributed by atoms with Crippen LogP contribution >= 0.6 is 11.6 Å². The summed E-state index contributed by atoms with van der Waals surface area (Å²) in [6.07, 6.45) is 8.31. The highest BCUT2D eigenvalue weighted by Crippen LogP contribution is 2.34. The second kappa shape index (κ2) is 16.2. The third-order valence-corrected chi connectivity index (χ3v) is 9.17. The van der Waals surface area contributed by atoms with Crippen molar-refractivity contribution in [2.45, 2.75) is 103 Å². The first-order valence-electron chi connectivity index (χ1n) is 16.2. The monoisotopic (exact) mass is 608 g/mol. The molecule has 4 atom stereocenters. The van der Waals surface area contributed by atoms with Gasteiger partial charge >= 0.3 is 0 Å². The number of rotatable bonds is 12. The van der Waals surface area contributed by atoms with E-state index in [0.29, 0.717) is 29.3 Å². The van der Waals surface area contributed by atoms with Crippen LogP contribution in [0.15, 0.2) is 48.5 Å². The van der Waals surface area contributed by atoms with E-state index >= 15 is 0 Å². The normalized spacial score (nSPS) is 20.7. The number of carbonyl (C=O) groups excluding carboxylic acids is 3. The van der Waals surface area contributed by atoms with Gasteiger partial charge in [-0.3, -0.25) is 14.4 Å². The number of hydrogen-bond donors (Lipinski definition) is 4. The van der Waals surface area contributed by atoms with E-state index < -0.39 is 12.1 Å². The molecule has 4 N–H and O–H groups in total. The Bertz CT molecular complexity index is 1210. The zero-order valence-electron chi connectivity index (χ0n) is 26.0. The number of carbonyl (C=O) groups is 3. The Morgan fingerprint density at radius 3 is 2.30 bits per heavy atom. The highest BCUT2D eigenvalue weighted by Gasteiger charge is 2.32. The molecule has 2 aromatic carbocycles. The van der Waals surface area contributed by atoms with Crippen LogP contribution in [-0.4, -0.2) is 48.9 Å². The number of halogens is 1. The van der Waals surface area contributed by atoms with Gasteiger partial charge in [0.25, 0.3) is 5.91 Å². The highest BCUT2D eigenvalue weighted by atomic mass is 35.5. The Balaban J connectivity index is 1.36. The molecular formula is C35H49ClN4O3. The molecule has 43 heavy (non-hydrogen) atoms. The molecule has 0 radical (unpaired) electrons. The third kappa shape index (κ3) is 9.80. The van der Waals surface area contributed by atoms with Crippen molar-refractivity contribution in [3.63, 3.8) is 0 Å². The molecule has 0 unspecified atom stereocenters. The molecule has 0 aromatic heterocycles. The SMILES string of the molecule is CC[C@H](NC(=O)c1ccc(CC2CCNCC2)cc1)C(=O)N[C@@H](CC(C)C)C(=O)N[C@@H]1CCCC[C@H]1c1cccc(Cl)c1. The maximum absolute atomic E-state index is 13.6. The average Bonchev–Trinajstić information content (AvgIpc) is 3.00. The maximum Gasteiger partial charge on any atom is 0.251 e. The molecule has 1 aliphatic heterocycles. The molecule has 2 aliphatic rings. The van der Waals surface area contributed by atoms with Crippen molar-refractivity contribution in [2.24, 2.45) is 11.8 Å². The molecular weight excluding hydrogens is 560 g/mol. The Morgan fingerprint density at radius 2 is 1.63 bits per heavy atom. The number of piperidine rings is 1. The van der Waals surface area contributed by atoms with Gasteiger partial charge in [-0.25, -0.2) is 0 Å². The van der Waals surface area contributed by atoms with Gasteiger partial charge in [-0.1, -0.05) is 69.5 Å². The summed E-state index contributed by atoms with van der Waals surface area (Å²) in [5.41, 5.74) is 2.89. The molecule has 1 saturated heterocycles. The molecule has 7 nitrogen and oxygen atoms in total. The van der Waals surface area contributed by atoms with Gasteiger partial charge in [0.2, 0.25) is 11.8 Å². The summed E-state index contributed by atoms with van der Waals surface area (Å²) in [6, 6.07) is 14.1. The summed E-state index contributed by atoms with van der Waals surface area (Å²) in [4.78, 5) is 40.1. The lowest BCUT2D eigenvalue weighted by Crippen LogP contribution is -2.55. The van der Waals surface area contributed by atoms with Crippen molar-refractivity contribution in [2.75, 3.05) is 13.1 Å². The Morgan fingerprint density at radius 1 is 0.907 bits per heavy atom. The molecule has 2 aromatic rings. The largest absolute Gasteiger partial charge is 0.351 e. The van der Waals surface area contributed by atoms with E-state index in [9.17, 15) is 14.4 Å². The molecule has 1 heterocycles. The van der Waals surface area contributed by atoms with Crippen LogP contribution < -0.4 is 21.3 Å². The van der Waals surface area contributed by atoms with Crippen LogP contribution in [0.25, 0.3) is 0 Å². The van der Waals surface area contributed by atoms with Crippen molar-refractivity contribution in [3.8, 4) is 0 Å². The van der Waals surface area contributed by atoms with Gasteiger partial charge in [-0.15, -0.1) is 0 Å². The van der Waals surface area contributed by atoms with Gasteiger partial charge in [0.05, 0.1) is 0 Å². The topological polar surface area (TPSA) is 99.3 Å². The maximum atomic E-state index is 13.6. The number of hydrogen-bond acceptors (Lipinski definition) is 4. The van der Waals surface area contributed by atoms with E-state index in [-0.39, 0.29) is 35.6 Å². The first-order valence-corrected chi connectivity index (χ1v) is 16.6. The average molecular weight is 609 g/mol. The molecule has 8 heteroatoms. The summed E-state index contributed by atoms with van der Waals surface area (Å²) >= 11 is 6.28. The van der Waals surface area contributed by atoms with Crippen molar-refractivity contribution >= 4 is 29.3 Å². The molecule has 4 rings (SSSR count). The minimum absolute atomic E-state index is 0.0225. The van der Waals surface area contributed by atoms with Crippen LogP contribution in [0, 0.1) is 11.8 Å². The van der Waals surface area contributed by atoms with Gasteiger partial charge in [-0.05, 0) is 105 Å². The van der Waals surface area contributed by atoms with Crippen molar-refractivity contribution in [1.29, 1.82) is 0 Å².